The van der Waals surface area contributed by atoms with Crippen molar-refractivity contribution in [1.29, 1.82) is 0 Å². The fraction of sp³-hybridized carbons (Fsp3) is 0.765. The fourth-order valence-corrected chi connectivity index (χ4v) is 10.2. The van der Waals surface area contributed by atoms with Crippen LogP contribution in [0, 0.1) is 45.3 Å². The van der Waals surface area contributed by atoms with Gasteiger partial charge in [0.2, 0.25) is 0 Å². The summed E-state index contributed by atoms with van der Waals surface area (Å²) in [5.74, 6) is 3.08. The summed E-state index contributed by atoms with van der Waals surface area (Å²) in [4.78, 5) is 0. The summed E-state index contributed by atoms with van der Waals surface area (Å²) in [6, 6.07) is 8.19. The normalized spacial score (nSPS) is 42.3. The van der Waals surface area contributed by atoms with Gasteiger partial charge in [-0.05, 0) is 110 Å². The zero-order chi connectivity index (χ0) is 27.5. The number of allylic oxidation sites excluding steroid dienone is 1. The first-order valence-electron chi connectivity index (χ1n) is 15.3. The number of aliphatic hydroxyl groups is 2. The average molecular weight is 524 g/mol. The molecular formula is C34H53NO3. The number of fused-ring (bicyclic) bond motifs is 5. The Bertz CT molecular complexity index is 1030. The molecule has 38 heavy (non-hydrogen) atoms. The standard InChI is InChI=1S/C34H53NO3/c1-22(9-8-20-35-23-10-12-24(38-7)13-11-23)25-18-19-32(4)28-16-14-26-27(15-17-29(36)31(26,2)3)34(28,6)30(37)21-33(25,32)5/h10-14,22,25,27-30,35-37H,8-9,15-21H2,1-7H3/t22-,25-,27-,28+,29+,30-,32+,33-,34+/m1/s1. The maximum atomic E-state index is 12.0. The van der Waals surface area contributed by atoms with Crippen molar-refractivity contribution in [2.45, 2.75) is 105 Å². The monoisotopic (exact) mass is 523 g/mol. The second-order valence-corrected chi connectivity index (χ2v) is 14.7. The van der Waals surface area contributed by atoms with Crippen LogP contribution < -0.4 is 10.1 Å². The predicted molar refractivity (Wildman–Crippen MR) is 156 cm³/mol. The molecule has 0 saturated heterocycles. The molecule has 212 valence electrons. The Morgan fingerprint density at radius 2 is 1.68 bits per heavy atom. The Kier molecular flexibility index (Phi) is 7.26. The molecule has 3 N–H and O–H groups in total. The van der Waals surface area contributed by atoms with Crippen molar-refractivity contribution in [2.24, 2.45) is 45.3 Å². The molecule has 4 aliphatic rings. The first-order valence-corrected chi connectivity index (χ1v) is 15.3. The first-order chi connectivity index (χ1) is 17.9. The molecule has 4 nitrogen and oxygen atoms in total. The van der Waals surface area contributed by atoms with Crippen molar-refractivity contribution in [3.8, 4) is 5.75 Å². The molecule has 0 amide bonds. The highest BCUT2D eigenvalue weighted by Crippen LogP contribution is 2.74. The van der Waals surface area contributed by atoms with Crippen LogP contribution in [-0.4, -0.2) is 36.1 Å². The van der Waals surface area contributed by atoms with Gasteiger partial charge in [0.15, 0.2) is 0 Å². The maximum Gasteiger partial charge on any atom is 0.119 e. The van der Waals surface area contributed by atoms with E-state index in [1.807, 2.05) is 12.1 Å². The highest BCUT2D eigenvalue weighted by molar-refractivity contribution is 5.46. The van der Waals surface area contributed by atoms with Gasteiger partial charge in [0, 0.05) is 23.1 Å². The lowest BCUT2D eigenvalue weighted by atomic mass is 9.38. The van der Waals surface area contributed by atoms with Crippen molar-refractivity contribution in [3.63, 3.8) is 0 Å². The Balaban J connectivity index is 1.30. The highest BCUT2D eigenvalue weighted by atomic mass is 16.5. The van der Waals surface area contributed by atoms with E-state index < -0.39 is 0 Å². The molecule has 5 rings (SSSR count). The lowest BCUT2D eigenvalue weighted by Gasteiger charge is -2.67. The van der Waals surface area contributed by atoms with Crippen LogP contribution in [0.5, 0.6) is 5.75 Å². The number of rotatable bonds is 7. The minimum Gasteiger partial charge on any atom is -0.497 e. The molecular weight excluding hydrogens is 470 g/mol. The van der Waals surface area contributed by atoms with E-state index in [4.69, 9.17) is 4.74 Å². The van der Waals surface area contributed by atoms with Gasteiger partial charge in [-0.3, -0.25) is 0 Å². The number of aliphatic hydroxyl groups excluding tert-OH is 2. The van der Waals surface area contributed by atoms with E-state index in [1.54, 1.807) is 7.11 Å². The van der Waals surface area contributed by atoms with E-state index in [0.29, 0.717) is 23.7 Å². The molecule has 0 aromatic heterocycles. The number of hydrogen-bond donors (Lipinski definition) is 3. The molecule has 1 aromatic carbocycles. The van der Waals surface area contributed by atoms with Crippen molar-refractivity contribution < 1.29 is 14.9 Å². The van der Waals surface area contributed by atoms with Gasteiger partial charge >= 0.3 is 0 Å². The Hall–Kier alpha value is -1.52. The van der Waals surface area contributed by atoms with Gasteiger partial charge < -0.3 is 20.3 Å². The van der Waals surface area contributed by atoms with Gasteiger partial charge in [-0.2, -0.15) is 0 Å². The van der Waals surface area contributed by atoms with E-state index >= 15 is 0 Å². The van der Waals surface area contributed by atoms with E-state index in [1.165, 1.54) is 24.8 Å². The van der Waals surface area contributed by atoms with Gasteiger partial charge in [0.1, 0.15) is 5.75 Å². The van der Waals surface area contributed by atoms with Gasteiger partial charge in [0.25, 0.3) is 0 Å². The molecule has 0 bridgehead atoms. The Morgan fingerprint density at radius 1 is 0.974 bits per heavy atom. The highest BCUT2D eigenvalue weighted by Gasteiger charge is 2.70. The summed E-state index contributed by atoms with van der Waals surface area (Å²) in [6.07, 6.45) is 10.7. The van der Waals surface area contributed by atoms with E-state index in [0.717, 1.165) is 50.1 Å². The van der Waals surface area contributed by atoms with Gasteiger partial charge in [-0.1, -0.05) is 53.2 Å². The quantitative estimate of drug-likeness (QED) is 0.256. The summed E-state index contributed by atoms with van der Waals surface area (Å²) in [5, 5.41) is 26.4. The van der Waals surface area contributed by atoms with Crippen LogP contribution in [0.25, 0.3) is 0 Å². The number of ether oxygens (including phenoxy) is 1. The maximum absolute atomic E-state index is 12.0. The lowest BCUT2D eigenvalue weighted by molar-refractivity contribution is -0.204. The molecule has 0 heterocycles. The van der Waals surface area contributed by atoms with Crippen molar-refractivity contribution in [1.82, 2.24) is 0 Å². The van der Waals surface area contributed by atoms with E-state index in [9.17, 15) is 10.2 Å². The van der Waals surface area contributed by atoms with Crippen molar-refractivity contribution in [3.05, 3.63) is 35.9 Å². The third kappa shape index (κ3) is 4.07. The number of methoxy groups -OCH3 is 1. The molecule has 3 saturated carbocycles. The minimum atomic E-state index is -0.283. The third-order valence-corrected chi connectivity index (χ3v) is 12.9. The van der Waals surface area contributed by atoms with Crippen LogP contribution in [0.15, 0.2) is 35.9 Å². The zero-order valence-corrected chi connectivity index (χ0v) is 25.0. The molecule has 0 spiro atoms. The fourth-order valence-electron chi connectivity index (χ4n) is 10.2. The van der Waals surface area contributed by atoms with E-state index in [2.05, 4.69) is 65.1 Å². The smallest absolute Gasteiger partial charge is 0.119 e. The summed E-state index contributed by atoms with van der Waals surface area (Å²) >= 11 is 0. The lowest BCUT2D eigenvalue weighted by Crippen LogP contribution is -2.64. The van der Waals surface area contributed by atoms with Crippen LogP contribution >= 0.6 is 0 Å². The van der Waals surface area contributed by atoms with Crippen LogP contribution in [-0.2, 0) is 0 Å². The number of anilines is 1. The molecule has 4 heteroatoms. The molecule has 4 aliphatic carbocycles. The molecule has 9 atom stereocenters. The Labute approximate surface area is 231 Å². The van der Waals surface area contributed by atoms with Gasteiger partial charge in [-0.15, -0.1) is 0 Å². The molecule has 0 radical (unpaired) electrons. The predicted octanol–water partition coefficient (Wildman–Crippen LogP) is 7.46. The second kappa shape index (κ2) is 9.84. The Morgan fingerprint density at radius 3 is 2.37 bits per heavy atom. The number of benzene rings is 1. The largest absolute Gasteiger partial charge is 0.497 e. The van der Waals surface area contributed by atoms with Crippen LogP contribution in [0.4, 0.5) is 5.69 Å². The molecule has 0 unspecified atom stereocenters. The van der Waals surface area contributed by atoms with Crippen LogP contribution in [0.1, 0.15) is 92.9 Å². The SMILES string of the molecule is COc1ccc(NCCC[C@@H](C)[C@H]2CC[C@@]3(C)[C@@H]4CC=C5[C@@H](CC[C@H](O)C5(C)C)[C@]4(C)[C@H](O)C[C@]23C)cc1. The molecule has 1 aromatic rings. The summed E-state index contributed by atoms with van der Waals surface area (Å²) in [7, 11) is 1.70. The second-order valence-electron chi connectivity index (χ2n) is 14.7. The molecule has 0 aliphatic heterocycles. The van der Waals surface area contributed by atoms with Crippen molar-refractivity contribution >= 4 is 5.69 Å². The van der Waals surface area contributed by atoms with Gasteiger partial charge in [0.05, 0.1) is 19.3 Å². The first kappa shape index (κ1) is 28.0. The van der Waals surface area contributed by atoms with Crippen LogP contribution in [0.3, 0.4) is 0 Å². The third-order valence-electron chi connectivity index (χ3n) is 12.9. The van der Waals surface area contributed by atoms with Crippen molar-refractivity contribution in [2.75, 3.05) is 19.0 Å². The summed E-state index contributed by atoms with van der Waals surface area (Å²) in [6.45, 7) is 15.4. The minimum absolute atomic E-state index is 0.101. The summed E-state index contributed by atoms with van der Waals surface area (Å²) in [5.41, 5.74) is 2.68. The average Bonchev–Trinajstić information content (AvgIpc) is 3.15. The number of hydrogen-bond acceptors (Lipinski definition) is 4. The summed E-state index contributed by atoms with van der Waals surface area (Å²) < 4.78 is 5.27. The topological polar surface area (TPSA) is 61.7 Å². The zero-order valence-electron chi connectivity index (χ0n) is 25.0. The van der Waals surface area contributed by atoms with Gasteiger partial charge in [-0.25, -0.2) is 0 Å². The number of nitrogens with one attached hydrogen (secondary N) is 1. The van der Waals surface area contributed by atoms with E-state index in [-0.39, 0.29) is 33.9 Å². The van der Waals surface area contributed by atoms with Crippen LogP contribution in [0.2, 0.25) is 0 Å². The molecule has 3 fully saturated rings.